The molecule has 7 heteroatoms. The molecule has 1 amide bonds. The summed E-state index contributed by atoms with van der Waals surface area (Å²) in [5.41, 5.74) is -0.776. The van der Waals surface area contributed by atoms with Gasteiger partial charge in [0.05, 0.1) is 20.8 Å². The first-order valence-electron chi connectivity index (χ1n) is 6.59. The van der Waals surface area contributed by atoms with E-state index in [1.54, 1.807) is 38.1 Å². The third kappa shape index (κ3) is 4.67. The van der Waals surface area contributed by atoms with E-state index in [0.717, 1.165) is 0 Å². The van der Waals surface area contributed by atoms with E-state index in [0.29, 0.717) is 26.5 Å². The molecule has 3 nitrogen and oxygen atoms in total. The van der Waals surface area contributed by atoms with Crippen LogP contribution in [0.5, 0.6) is 5.75 Å². The predicted molar refractivity (Wildman–Crippen MR) is 96.3 cm³/mol. The monoisotopic (exact) mass is 391 g/mol. The van der Waals surface area contributed by atoms with Crippen molar-refractivity contribution in [3.8, 4) is 5.75 Å². The number of amides is 1. The largest absolute Gasteiger partial charge is 0.478 e. The van der Waals surface area contributed by atoms with Gasteiger partial charge < -0.3 is 10.1 Å². The maximum absolute atomic E-state index is 12.5. The van der Waals surface area contributed by atoms with Crippen molar-refractivity contribution in [2.24, 2.45) is 0 Å². The van der Waals surface area contributed by atoms with Gasteiger partial charge in [-0.05, 0) is 50.2 Å². The van der Waals surface area contributed by atoms with E-state index in [2.05, 4.69) is 5.32 Å². The van der Waals surface area contributed by atoms with Gasteiger partial charge in [0.25, 0.3) is 5.91 Å². The van der Waals surface area contributed by atoms with Crippen molar-refractivity contribution >= 4 is 58.0 Å². The number of rotatable bonds is 4. The molecule has 2 aromatic rings. The highest BCUT2D eigenvalue weighted by molar-refractivity contribution is 6.44. The van der Waals surface area contributed by atoms with Crippen molar-refractivity contribution in [3.63, 3.8) is 0 Å². The zero-order chi connectivity index (χ0) is 17.2. The molecule has 0 heterocycles. The minimum Gasteiger partial charge on any atom is -0.478 e. The van der Waals surface area contributed by atoms with Crippen molar-refractivity contribution in [1.29, 1.82) is 0 Å². The van der Waals surface area contributed by atoms with Gasteiger partial charge in [-0.25, -0.2) is 0 Å². The third-order valence-electron chi connectivity index (χ3n) is 2.99. The molecule has 2 rings (SSSR count). The summed E-state index contributed by atoms with van der Waals surface area (Å²) in [5.74, 6) is 0.141. The van der Waals surface area contributed by atoms with Crippen LogP contribution in [0.25, 0.3) is 0 Å². The summed E-state index contributed by atoms with van der Waals surface area (Å²) in [4.78, 5) is 12.5. The van der Waals surface area contributed by atoms with Crippen LogP contribution in [0.3, 0.4) is 0 Å². The molecule has 0 spiro atoms. The fourth-order valence-electron chi connectivity index (χ4n) is 1.73. The average molecular weight is 393 g/mol. The maximum Gasteiger partial charge on any atom is 0.268 e. The molecule has 0 unspecified atom stereocenters. The molecule has 0 aliphatic rings. The van der Waals surface area contributed by atoms with Crippen molar-refractivity contribution in [3.05, 3.63) is 56.5 Å². The number of hydrogen-bond acceptors (Lipinski definition) is 2. The Balaban J connectivity index is 2.15. The summed E-state index contributed by atoms with van der Waals surface area (Å²) in [6.45, 7) is 3.28. The molecule has 1 N–H and O–H groups in total. The second-order valence-corrected chi connectivity index (χ2v) is 6.92. The number of carbonyl (C=O) groups is 1. The van der Waals surface area contributed by atoms with Crippen LogP contribution >= 0.6 is 46.4 Å². The Labute approximate surface area is 154 Å². The first-order valence-corrected chi connectivity index (χ1v) is 8.11. The fraction of sp³-hybridized carbons (Fsp3) is 0.188. The van der Waals surface area contributed by atoms with E-state index in [1.807, 2.05) is 0 Å². The van der Waals surface area contributed by atoms with Gasteiger partial charge in [-0.1, -0.05) is 46.4 Å². The van der Waals surface area contributed by atoms with Crippen LogP contribution in [-0.4, -0.2) is 11.5 Å². The zero-order valence-corrected chi connectivity index (χ0v) is 15.3. The summed E-state index contributed by atoms with van der Waals surface area (Å²) < 4.78 is 5.71. The van der Waals surface area contributed by atoms with Crippen LogP contribution in [0.15, 0.2) is 36.4 Å². The van der Waals surface area contributed by atoms with Gasteiger partial charge in [0.1, 0.15) is 5.75 Å². The molecular formula is C16H13Cl4NO2. The van der Waals surface area contributed by atoms with Crippen molar-refractivity contribution in [2.45, 2.75) is 19.4 Å². The molecule has 0 bridgehead atoms. The first kappa shape index (κ1) is 18.2. The molecule has 0 aliphatic carbocycles. The fourth-order valence-corrected chi connectivity index (χ4v) is 2.45. The Morgan fingerprint density at radius 2 is 1.52 bits per heavy atom. The lowest BCUT2D eigenvalue weighted by Crippen LogP contribution is -2.42. The minimum atomic E-state index is -1.14. The van der Waals surface area contributed by atoms with E-state index in [4.69, 9.17) is 51.1 Å². The maximum atomic E-state index is 12.5. The zero-order valence-electron chi connectivity index (χ0n) is 12.3. The van der Waals surface area contributed by atoms with E-state index >= 15 is 0 Å². The number of hydrogen-bond donors (Lipinski definition) is 1. The number of halogens is 4. The summed E-state index contributed by atoms with van der Waals surface area (Å²) >= 11 is 23.7. The Bertz CT molecular complexity index is 730. The third-order valence-corrected chi connectivity index (χ3v) is 4.28. The summed E-state index contributed by atoms with van der Waals surface area (Å²) in [6.07, 6.45) is 0. The number of anilines is 1. The van der Waals surface area contributed by atoms with Crippen LogP contribution in [0.2, 0.25) is 20.1 Å². The highest BCUT2D eigenvalue weighted by Crippen LogP contribution is 2.33. The molecule has 0 atom stereocenters. The predicted octanol–water partition coefficient (Wildman–Crippen LogP) is 6.10. The highest BCUT2D eigenvalue weighted by atomic mass is 35.5. The molecule has 0 saturated carbocycles. The van der Waals surface area contributed by atoms with Gasteiger partial charge in [0.15, 0.2) is 5.60 Å². The lowest BCUT2D eigenvalue weighted by molar-refractivity contribution is -0.128. The standard InChI is InChI=1S/C16H13Cl4NO2/c1-16(2,23-10-5-3-9(17)4-6-10)15(22)21-14-8-12(19)11(18)7-13(14)20/h3-8H,1-2H3,(H,21,22). The molecule has 0 fully saturated rings. The molecule has 0 radical (unpaired) electrons. The number of nitrogens with one attached hydrogen (secondary N) is 1. The molecular weight excluding hydrogens is 380 g/mol. The summed E-state index contributed by atoms with van der Waals surface area (Å²) in [7, 11) is 0. The van der Waals surface area contributed by atoms with Gasteiger partial charge in [-0.3, -0.25) is 4.79 Å². The molecule has 0 aromatic heterocycles. The lowest BCUT2D eigenvalue weighted by Gasteiger charge is -2.25. The van der Waals surface area contributed by atoms with Gasteiger partial charge in [-0.2, -0.15) is 0 Å². The molecule has 0 aliphatic heterocycles. The molecule has 23 heavy (non-hydrogen) atoms. The van der Waals surface area contributed by atoms with Crippen LogP contribution in [0.4, 0.5) is 5.69 Å². The van der Waals surface area contributed by atoms with Crippen molar-refractivity contribution in [2.75, 3.05) is 5.32 Å². The van der Waals surface area contributed by atoms with E-state index in [-0.39, 0.29) is 10.9 Å². The first-order chi connectivity index (χ1) is 10.7. The van der Waals surface area contributed by atoms with Crippen molar-refractivity contribution in [1.82, 2.24) is 0 Å². The highest BCUT2D eigenvalue weighted by Gasteiger charge is 2.30. The van der Waals surface area contributed by atoms with Crippen LogP contribution in [0, 0.1) is 0 Å². The van der Waals surface area contributed by atoms with Gasteiger partial charge in [0, 0.05) is 5.02 Å². The van der Waals surface area contributed by atoms with Crippen LogP contribution in [0.1, 0.15) is 13.8 Å². The molecule has 0 saturated heterocycles. The smallest absolute Gasteiger partial charge is 0.268 e. The van der Waals surface area contributed by atoms with E-state index in [1.165, 1.54) is 12.1 Å². The Hall–Kier alpha value is -1.13. The van der Waals surface area contributed by atoms with E-state index < -0.39 is 5.60 Å². The minimum absolute atomic E-state index is 0.287. The summed E-state index contributed by atoms with van der Waals surface area (Å²) in [6, 6.07) is 9.69. The topological polar surface area (TPSA) is 38.3 Å². The lowest BCUT2D eigenvalue weighted by atomic mass is 10.1. The number of ether oxygens (including phenoxy) is 1. The van der Waals surface area contributed by atoms with Gasteiger partial charge in [0.2, 0.25) is 0 Å². The quantitative estimate of drug-likeness (QED) is 0.638. The average Bonchev–Trinajstić information content (AvgIpc) is 2.47. The second kappa shape index (κ2) is 7.18. The Kier molecular flexibility index (Phi) is 5.69. The number of carbonyl (C=O) groups excluding carboxylic acids is 1. The van der Waals surface area contributed by atoms with Gasteiger partial charge in [-0.15, -0.1) is 0 Å². The molecule has 2 aromatic carbocycles. The van der Waals surface area contributed by atoms with Gasteiger partial charge >= 0.3 is 0 Å². The Morgan fingerprint density at radius 1 is 0.957 bits per heavy atom. The van der Waals surface area contributed by atoms with E-state index in [9.17, 15) is 4.79 Å². The number of benzene rings is 2. The summed E-state index contributed by atoms with van der Waals surface area (Å²) in [5, 5.41) is 4.16. The Morgan fingerprint density at radius 3 is 2.13 bits per heavy atom. The van der Waals surface area contributed by atoms with Crippen molar-refractivity contribution < 1.29 is 9.53 Å². The normalized spacial score (nSPS) is 11.2. The SMILES string of the molecule is CC(C)(Oc1ccc(Cl)cc1)C(=O)Nc1cc(Cl)c(Cl)cc1Cl. The second-order valence-electron chi connectivity index (χ2n) is 5.27. The van der Waals surface area contributed by atoms with Crippen LogP contribution in [-0.2, 0) is 4.79 Å². The molecule has 122 valence electrons. The van der Waals surface area contributed by atoms with Crippen LogP contribution < -0.4 is 10.1 Å².